The van der Waals surface area contributed by atoms with Crippen molar-refractivity contribution in [1.82, 2.24) is 0 Å². The van der Waals surface area contributed by atoms with Gasteiger partial charge in [-0.25, -0.2) is 13.0 Å². The highest BCUT2D eigenvalue weighted by molar-refractivity contribution is 8.13. The van der Waals surface area contributed by atoms with Crippen LogP contribution in [0.2, 0.25) is 0 Å². The predicted molar refractivity (Wildman–Crippen MR) is 59.6 cm³/mol. The molecule has 4 nitrogen and oxygen atoms in total. The number of halogens is 6. The summed E-state index contributed by atoms with van der Waals surface area (Å²) >= 11 is 0.792. The van der Waals surface area contributed by atoms with E-state index in [0.29, 0.717) is 13.1 Å². The molecule has 20 heavy (non-hydrogen) atoms. The van der Waals surface area contributed by atoms with Crippen LogP contribution in [0.15, 0.2) is 0 Å². The summed E-state index contributed by atoms with van der Waals surface area (Å²) in [4.78, 5) is 0. The van der Waals surface area contributed by atoms with Crippen LogP contribution in [0.4, 0.5) is 26.3 Å². The van der Waals surface area contributed by atoms with Crippen LogP contribution in [0.25, 0.3) is 0 Å². The molecule has 0 radical (unpaired) electrons. The van der Waals surface area contributed by atoms with E-state index in [1.165, 1.54) is 10.8 Å². The van der Waals surface area contributed by atoms with Gasteiger partial charge in [0.1, 0.15) is 13.1 Å². The quantitative estimate of drug-likeness (QED) is 0.222. The maximum Gasteiger partial charge on any atom is 0.485 e. The number of thioether (sulfide) groups is 1. The van der Waals surface area contributed by atoms with Gasteiger partial charge in [-0.1, -0.05) is 11.8 Å². The highest BCUT2D eigenvalue weighted by Crippen LogP contribution is 2.24. The fourth-order valence-electron chi connectivity index (χ4n) is 1.34. The van der Waals surface area contributed by atoms with Crippen LogP contribution < -0.4 is 0 Å². The van der Waals surface area contributed by atoms with E-state index >= 15 is 0 Å². The van der Waals surface area contributed by atoms with Gasteiger partial charge in [0.15, 0.2) is 10.1 Å². The van der Waals surface area contributed by atoms with Gasteiger partial charge in [0.2, 0.25) is 0 Å². The molecule has 0 atom stereocenters. The van der Waals surface area contributed by atoms with Gasteiger partial charge in [-0.3, -0.25) is 0 Å². The third-order valence-corrected chi connectivity index (χ3v) is 3.56. The van der Waals surface area contributed by atoms with E-state index in [9.17, 15) is 26.3 Å². The zero-order valence-corrected chi connectivity index (χ0v) is 11.7. The van der Waals surface area contributed by atoms with Crippen molar-refractivity contribution in [2.75, 3.05) is 19.3 Å². The monoisotopic (exact) mass is 347 g/mol. The predicted octanol–water partition coefficient (Wildman–Crippen LogP) is 2.17. The first-order chi connectivity index (χ1) is 8.80. The van der Waals surface area contributed by atoms with E-state index in [1.807, 2.05) is 0 Å². The van der Waals surface area contributed by atoms with E-state index in [0.717, 1.165) is 24.6 Å². The van der Waals surface area contributed by atoms with E-state index < -0.39 is 26.8 Å². The average molecular weight is 347 g/mol. The second-order valence-electron chi connectivity index (χ2n) is 3.60. The molecule has 0 aromatic rings. The Labute approximate surface area is 115 Å². The van der Waals surface area contributed by atoms with Crippen LogP contribution in [-0.4, -0.2) is 53.6 Å². The minimum atomic E-state index is -6.09. The first kappa shape index (κ1) is 19.5. The molecule has 120 valence electrons. The third kappa shape index (κ3) is 6.31. The molecular weight excluding hydrogens is 336 g/mol. The van der Waals surface area contributed by atoms with Crippen molar-refractivity contribution >= 4 is 26.9 Å². The summed E-state index contributed by atoms with van der Waals surface area (Å²) in [7, 11) is -6.09. The SMILES string of the molecule is CSC(=[N+]1CCCC1)C(F)(F)F.O=S(=O)([O-])C(F)(F)F. The lowest BCUT2D eigenvalue weighted by Gasteiger charge is -2.08. The van der Waals surface area contributed by atoms with Crippen molar-refractivity contribution in [1.29, 1.82) is 0 Å². The molecule has 1 heterocycles. The van der Waals surface area contributed by atoms with Gasteiger partial charge in [0.05, 0.1) is 0 Å². The Kier molecular flexibility index (Phi) is 6.81. The lowest BCUT2D eigenvalue weighted by atomic mass is 10.4. The van der Waals surface area contributed by atoms with Crippen molar-refractivity contribution in [3.63, 3.8) is 0 Å². The normalized spacial score (nSPS) is 16.7. The molecular formula is C8H11F6NO3S2. The van der Waals surface area contributed by atoms with Crippen molar-refractivity contribution < 1.29 is 43.9 Å². The number of alkyl halides is 6. The molecule has 0 bridgehead atoms. The summed E-state index contributed by atoms with van der Waals surface area (Å²) in [6.07, 6.45) is -0.939. The van der Waals surface area contributed by atoms with Crippen LogP contribution in [0, 0.1) is 0 Å². The largest absolute Gasteiger partial charge is 0.741 e. The minimum absolute atomic E-state index is 0.444. The van der Waals surface area contributed by atoms with Gasteiger partial charge in [0.25, 0.3) is 0 Å². The maximum absolute atomic E-state index is 12.3. The summed E-state index contributed by atoms with van der Waals surface area (Å²) in [5.74, 6) is 0. The molecule has 0 aromatic carbocycles. The van der Waals surface area contributed by atoms with E-state index in [1.54, 1.807) is 0 Å². The highest BCUT2D eigenvalue weighted by Gasteiger charge is 2.44. The van der Waals surface area contributed by atoms with Gasteiger partial charge >= 0.3 is 16.7 Å². The maximum atomic E-state index is 12.3. The topological polar surface area (TPSA) is 60.2 Å². The second kappa shape index (κ2) is 6.98. The van der Waals surface area contributed by atoms with Crippen molar-refractivity contribution in [2.45, 2.75) is 24.5 Å². The van der Waals surface area contributed by atoms with Gasteiger partial charge in [-0.05, 0) is 6.26 Å². The zero-order valence-electron chi connectivity index (χ0n) is 10.1. The summed E-state index contributed by atoms with van der Waals surface area (Å²) in [5, 5.41) is -0.444. The average Bonchev–Trinajstić information content (AvgIpc) is 2.67. The summed E-state index contributed by atoms with van der Waals surface area (Å²) < 4.78 is 97.1. The van der Waals surface area contributed by atoms with Crippen molar-refractivity contribution in [3.8, 4) is 0 Å². The Morgan fingerprint density at radius 2 is 1.45 bits per heavy atom. The number of nitrogens with zero attached hydrogens (tertiary/aromatic N) is 1. The zero-order chi connectivity index (χ0) is 16.2. The molecule has 0 aromatic heterocycles. The minimum Gasteiger partial charge on any atom is -0.741 e. The second-order valence-corrected chi connectivity index (χ2v) is 5.77. The van der Waals surface area contributed by atoms with Crippen LogP contribution in [0.3, 0.4) is 0 Å². The van der Waals surface area contributed by atoms with Crippen molar-refractivity contribution in [2.24, 2.45) is 0 Å². The summed E-state index contributed by atoms with van der Waals surface area (Å²) in [5.41, 5.74) is -5.65. The lowest BCUT2D eigenvalue weighted by Crippen LogP contribution is -2.29. The van der Waals surface area contributed by atoms with Gasteiger partial charge in [-0.2, -0.15) is 26.3 Å². The number of rotatable bonds is 0. The Hall–Kier alpha value is -0.490. The van der Waals surface area contributed by atoms with E-state index in [-0.39, 0.29) is 0 Å². The molecule has 0 spiro atoms. The fraction of sp³-hybridized carbons (Fsp3) is 0.875. The molecule has 0 unspecified atom stereocenters. The van der Waals surface area contributed by atoms with Crippen LogP contribution in [-0.2, 0) is 10.1 Å². The standard InChI is InChI=1S/C7H11F3NS.CHF3O3S/c1-12-6(7(8,9)10)11-4-2-3-5-11;2-1(3,4)8(5,6)7/h2-5H2,1H3;(H,5,6,7)/q+1;/p-1. The van der Waals surface area contributed by atoms with E-state index in [4.69, 9.17) is 13.0 Å². The molecule has 0 amide bonds. The molecule has 1 rings (SSSR count). The van der Waals surface area contributed by atoms with Crippen molar-refractivity contribution in [3.05, 3.63) is 0 Å². The molecule has 12 heteroatoms. The molecule has 1 fully saturated rings. The Morgan fingerprint density at radius 1 is 1.10 bits per heavy atom. The Morgan fingerprint density at radius 3 is 1.65 bits per heavy atom. The Bertz CT molecular complexity index is 446. The molecule has 1 aliphatic rings. The Balaban J connectivity index is 0.000000396. The third-order valence-electron chi connectivity index (χ3n) is 2.11. The smallest absolute Gasteiger partial charge is 0.485 e. The fourth-order valence-corrected chi connectivity index (χ4v) is 2.02. The first-order valence-electron chi connectivity index (χ1n) is 5.06. The van der Waals surface area contributed by atoms with E-state index in [2.05, 4.69) is 0 Å². The molecule has 0 saturated carbocycles. The van der Waals surface area contributed by atoms with Crippen LogP contribution >= 0.6 is 11.8 Å². The van der Waals surface area contributed by atoms with Gasteiger partial charge in [-0.15, -0.1) is 0 Å². The van der Waals surface area contributed by atoms with Gasteiger partial charge in [0, 0.05) is 12.8 Å². The van der Waals surface area contributed by atoms with Crippen LogP contribution in [0.5, 0.6) is 0 Å². The molecule has 1 saturated heterocycles. The molecule has 0 aliphatic carbocycles. The number of hydrogen-bond donors (Lipinski definition) is 0. The number of hydrogen-bond acceptors (Lipinski definition) is 4. The van der Waals surface area contributed by atoms with Gasteiger partial charge < -0.3 is 4.55 Å². The molecule has 0 N–H and O–H groups in total. The lowest BCUT2D eigenvalue weighted by molar-refractivity contribution is -0.510. The van der Waals surface area contributed by atoms with Crippen LogP contribution in [0.1, 0.15) is 12.8 Å². The highest BCUT2D eigenvalue weighted by atomic mass is 32.2. The summed E-state index contributed by atoms with van der Waals surface area (Å²) in [6.45, 7) is 1.10. The summed E-state index contributed by atoms with van der Waals surface area (Å²) in [6, 6.07) is 0. The molecule has 1 aliphatic heterocycles. The first-order valence-corrected chi connectivity index (χ1v) is 7.69.